The van der Waals surface area contributed by atoms with Gasteiger partial charge in [-0.15, -0.1) is 0 Å². The molecule has 12 nitrogen and oxygen atoms in total. The lowest BCUT2D eigenvalue weighted by Gasteiger charge is -2.27. The van der Waals surface area contributed by atoms with E-state index in [1.165, 1.54) is 12.4 Å². The number of aliphatic carboxylic acids is 1. The summed E-state index contributed by atoms with van der Waals surface area (Å²) in [6.45, 7) is 2.79. The highest BCUT2D eigenvalue weighted by Gasteiger charge is 2.20. The van der Waals surface area contributed by atoms with Crippen LogP contribution in [0.1, 0.15) is 33.6 Å². The summed E-state index contributed by atoms with van der Waals surface area (Å²) in [7, 11) is 0. The molecule has 0 aromatic carbocycles. The molecule has 2 heterocycles. The fourth-order valence-electron chi connectivity index (χ4n) is 3.45. The fourth-order valence-corrected chi connectivity index (χ4v) is 3.45. The first-order chi connectivity index (χ1) is 16.2. The summed E-state index contributed by atoms with van der Waals surface area (Å²) in [6, 6.07) is 0. The molecule has 0 unspecified atom stereocenters. The van der Waals surface area contributed by atoms with E-state index in [2.05, 4.69) is 9.97 Å². The summed E-state index contributed by atoms with van der Waals surface area (Å²) in [5.74, 6) is -1.29. The minimum atomic E-state index is -1.09. The van der Waals surface area contributed by atoms with Gasteiger partial charge in [0.25, 0.3) is 6.47 Å². The van der Waals surface area contributed by atoms with E-state index < -0.39 is 5.97 Å². The molecule has 5 N–H and O–H groups in total. The normalized spacial score (nSPS) is 11.2. The molecule has 2 aromatic rings. The quantitative estimate of drug-likeness (QED) is 0.182. The van der Waals surface area contributed by atoms with Gasteiger partial charge in [-0.25, -0.2) is 0 Å². The molecule has 186 valence electrons. The van der Waals surface area contributed by atoms with Gasteiger partial charge in [0.2, 0.25) is 0 Å². The van der Waals surface area contributed by atoms with Gasteiger partial charge in [0.1, 0.15) is 18.2 Å². The lowest BCUT2D eigenvalue weighted by Crippen LogP contribution is -2.38. The van der Waals surface area contributed by atoms with Crippen LogP contribution in [0.2, 0.25) is 0 Å². The number of aliphatic hydroxyl groups is 2. The average molecular weight is 479 g/mol. The van der Waals surface area contributed by atoms with Gasteiger partial charge >= 0.3 is 5.97 Å². The van der Waals surface area contributed by atoms with Crippen LogP contribution in [-0.4, -0.2) is 84.1 Å². The molecular formula is C22H30N4O8. The van der Waals surface area contributed by atoms with Crippen molar-refractivity contribution in [2.75, 3.05) is 26.4 Å². The molecule has 0 radical (unpaired) electrons. The van der Waals surface area contributed by atoms with Gasteiger partial charge < -0.3 is 30.3 Å². The number of aliphatic hydroxyl groups excluding tert-OH is 2. The number of carboxylic acid groups (broad SMARTS) is 1. The Hall–Kier alpha value is -3.32. The van der Waals surface area contributed by atoms with Crippen LogP contribution >= 0.6 is 0 Å². The Bertz CT molecular complexity index is 1000. The van der Waals surface area contributed by atoms with Crippen molar-refractivity contribution in [3.05, 3.63) is 46.0 Å². The summed E-state index contributed by atoms with van der Waals surface area (Å²) in [5, 5.41) is 49.5. The van der Waals surface area contributed by atoms with Gasteiger partial charge in [0.15, 0.2) is 0 Å². The second-order valence-electron chi connectivity index (χ2n) is 7.76. The molecular weight excluding hydrogens is 448 g/mol. The van der Waals surface area contributed by atoms with Gasteiger partial charge in [-0.2, -0.15) is 0 Å². The minimum absolute atomic E-state index is 0.0290. The first-order valence-corrected chi connectivity index (χ1v) is 10.5. The molecule has 0 amide bonds. The molecule has 0 aliphatic rings. The SMILES string of the molecule is Cc1ncc(CO)c(CN(CCN(CC(=O)O)Cc2c(CO)cnc(C)c2O)COC=O)c1O. The largest absolute Gasteiger partial charge is 0.506 e. The minimum Gasteiger partial charge on any atom is -0.506 e. The summed E-state index contributed by atoms with van der Waals surface area (Å²) in [5.41, 5.74) is 2.30. The summed E-state index contributed by atoms with van der Waals surface area (Å²) >= 11 is 0. The molecule has 12 heteroatoms. The zero-order chi connectivity index (χ0) is 25.3. The molecule has 0 bridgehead atoms. The number of pyridine rings is 2. The smallest absolute Gasteiger partial charge is 0.317 e. The van der Waals surface area contributed by atoms with Gasteiger partial charge in [0.05, 0.1) is 31.1 Å². The number of hydrogen-bond donors (Lipinski definition) is 5. The number of carbonyl (C=O) groups excluding carboxylic acids is 1. The van der Waals surface area contributed by atoms with Crippen molar-refractivity contribution in [3.8, 4) is 11.5 Å². The third kappa shape index (κ3) is 7.09. The Morgan fingerprint density at radius 2 is 1.41 bits per heavy atom. The van der Waals surface area contributed by atoms with E-state index in [0.717, 1.165) is 0 Å². The van der Waals surface area contributed by atoms with Crippen molar-refractivity contribution in [2.24, 2.45) is 0 Å². The Morgan fingerprint density at radius 1 is 0.941 bits per heavy atom. The molecule has 34 heavy (non-hydrogen) atoms. The monoisotopic (exact) mass is 478 g/mol. The third-order valence-corrected chi connectivity index (χ3v) is 5.38. The highest BCUT2D eigenvalue weighted by molar-refractivity contribution is 5.69. The average Bonchev–Trinajstić information content (AvgIpc) is 2.81. The predicted molar refractivity (Wildman–Crippen MR) is 118 cm³/mol. The van der Waals surface area contributed by atoms with E-state index in [1.807, 2.05) is 0 Å². The first-order valence-electron chi connectivity index (χ1n) is 10.5. The molecule has 0 fully saturated rings. The van der Waals surface area contributed by atoms with Crippen LogP contribution in [0.25, 0.3) is 0 Å². The van der Waals surface area contributed by atoms with E-state index in [-0.39, 0.29) is 70.6 Å². The molecule has 0 saturated carbocycles. The fraction of sp³-hybridized carbons (Fsp3) is 0.455. The number of carbonyl (C=O) groups is 2. The molecule has 2 rings (SSSR count). The number of aryl methyl sites for hydroxylation is 2. The molecule has 0 aliphatic carbocycles. The predicted octanol–water partition coefficient (Wildman–Crippen LogP) is 0.00854. The second-order valence-corrected chi connectivity index (χ2v) is 7.76. The molecule has 2 aromatic heterocycles. The van der Waals surface area contributed by atoms with Crippen molar-refractivity contribution in [1.82, 2.24) is 19.8 Å². The summed E-state index contributed by atoms with van der Waals surface area (Å²) in [4.78, 5) is 33.5. The zero-order valence-corrected chi connectivity index (χ0v) is 19.1. The standard InChI is InChI=1S/C22H30N4O8/c1-14-21(32)18(16(10-27)5-23-14)7-25(9-20(30)31)3-4-26(12-34-13-29)8-19-17(11-28)6-24-15(2)22(19)33/h5-6,13,27-28,32-33H,3-4,7-12H2,1-2H3,(H,30,31). The van der Waals surface area contributed by atoms with Crippen molar-refractivity contribution < 1.29 is 39.9 Å². The number of nitrogens with zero attached hydrogens (tertiary/aromatic N) is 4. The highest BCUT2D eigenvalue weighted by Crippen LogP contribution is 2.27. The molecule has 0 saturated heterocycles. The first kappa shape index (κ1) is 26.9. The van der Waals surface area contributed by atoms with Crippen molar-refractivity contribution >= 4 is 12.4 Å². The van der Waals surface area contributed by atoms with Crippen molar-refractivity contribution in [1.29, 1.82) is 0 Å². The maximum absolute atomic E-state index is 11.5. The Morgan fingerprint density at radius 3 is 1.85 bits per heavy atom. The van der Waals surface area contributed by atoms with Gasteiger partial charge in [0, 0.05) is 60.8 Å². The van der Waals surface area contributed by atoms with Crippen molar-refractivity contribution in [2.45, 2.75) is 40.2 Å². The maximum Gasteiger partial charge on any atom is 0.317 e. The Labute approximate surface area is 196 Å². The van der Waals surface area contributed by atoms with Crippen LogP contribution in [0, 0.1) is 13.8 Å². The van der Waals surface area contributed by atoms with E-state index >= 15 is 0 Å². The maximum atomic E-state index is 11.5. The second kappa shape index (κ2) is 12.8. The number of ether oxygens (including phenoxy) is 1. The topological polar surface area (TPSA) is 177 Å². The van der Waals surface area contributed by atoms with Crippen LogP contribution in [0.15, 0.2) is 12.4 Å². The van der Waals surface area contributed by atoms with E-state index in [0.29, 0.717) is 33.6 Å². The van der Waals surface area contributed by atoms with Crippen LogP contribution in [-0.2, 0) is 40.6 Å². The molecule has 0 spiro atoms. The number of aromatic nitrogens is 2. The lowest BCUT2D eigenvalue weighted by atomic mass is 10.1. The number of hydrogen-bond acceptors (Lipinski definition) is 11. The van der Waals surface area contributed by atoms with Crippen LogP contribution in [0.3, 0.4) is 0 Å². The molecule has 0 atom stereocenters. The van der Waals surface area contributed by atoms with Crippen LogP contribution in [0.4, 0.5) is 0 Å². The van der Waals surface area contributed by atoms with Crippen LogP contribution in [0.5, 0.6) is 11.5 Å². The summed E-state index contributed by atoms with van der Waals surface area (Å²) < 4.78 is 4.88. The van der Waals surface area contributed by atoms with Crippen LogP contribution < -0.4 is 0 Å². The Kier molecular flexibility index (Phi) is 10.1. The van der Waals surface area contributed by atoms with E-state index in [9.17, 15) is 35.1 Å². The van der Waals surface area contributed by atoms with Gasteiger partial charge in [-0.1, -0.05) is 0 Å². The third-order valence-electron chi connectivity index (χ3n) is 5.38. The van der Waals surface area contributed by atoms with Gasteiger partial charge in [-0.05, 0) is 13.8 Å². The number of aromatic hydroxyl groups is 2. The van der Waals surface area contributed by atoms with E-state index in [1.54, 1.807) is 23.6 Å². The zero-order valence-electron chi connectivity index (χ0n) is 19.1. The highest BCUT2D eigenvalue weighted by atomic mass is 16.5. The van der Waals surface area contributed by atoms with E-state index in [4.69, 9.17) is 4.74 Å². The number of carboxylic acids is 1. The number of rotatable bonds is 14. The lowest BCUT2D eigenvalue weighted by molar-refractivity contribution is -0.138. The summed E-state index contributed by atoms with van der Waals surface area (Å²) in [6.07, 6.45) is 2.88. The molecule has 0 aliphatic heterocycles. The van der Waals surface area contributed by atoms with Crippen molar-refractivity contribution in [3.63, 3.8) is 0 Å². The Balaban J connectivity index is 2.25. The van der Waals surface area contributed by atoms with Gasteiger partial charge in [-0.3, -0.25) is 29.4 Å².